The minimum Gasteiger partial charge on any atom is -0.481 e. The van der Waals surface area contributed by atoms with Crippen LogP contribution in [0.25, 0.3) is 11.1 Å². The number of ether oxygens (including phenoxy) is 1. The van der Waals surface area contributed by atoms with E-state index in [4.69, 9.17) is 9.15 Å². The van der Waals surface area contributed by atoms with Gasteiger partial charge in [-0.1, -0.05) is 48.5 Å². The molecule has 3 N–H and O–H groups in total. The van der Waals surface area contributed by atoms with Crippen molar-refractivity contribution >= 4 is 23.7 Å². The smallest absolute Gasteiger partial charge is 0.411 e. The summed E-state index contributed by atoms with van der Waals surface area (Å²) in [5.41, 5.74) is 3.73. The van der Waals surface area contributed by atoms with Crippen LogP contribution in [-0.2, 0) is 9.53 Å². The Labute approximate surface area is 202 Å². The minimum absolute atomic E-state index is 0.0875. The molecule has 8 heteroatoms. The van der Waals surface area contributed by atoms with Gasteiger partial charge in [0.1, 0.15) is 6.61 Å². The van der Waals surface area contributed by atoms with Crippen LogP contribution in [0.5, 0.6) is 0 Å². The lowest BCUT2D eigenvalue weighted by Gasteiger charge is -2.29. The Morgan fingerprint density at radius 2 is 1.66 bits per heavy atom. The standard InChI is InChI=1S/C27H26N2O6/c1-27(14-23(30)31,16-10-11-16)29-25(32)24-22(12-13-34-24)28-26(33)35-15-21-19-8-4-2-6-17(19)18-7-3-5-9-20(18)21/h2-9,12-13,16,21H,10-11,14-15H2,1H3,(H,28,33)(H,29,32)(H,30,31). The molecule has 1 atom stereocenters. The first-order valence-electron chi connectivity index (χ1n) is 11.6. The highest BCUT2D eigenvalue weighted by Crippen LogP contribution is 2.44. The van der Waals surface area contributed by atoms with Crippen molar-refractivity contribution in [3.05, 3.63) is 77.7 Å². The van der Waals surface area contributed by atoms with Crippen molar-refractivity contribution in [1.82, 2.24) is 5.32 Å². The molecule has 1 unspecified atom stereocenters. The lowest BCUT2D eigenvalue weighted by molar-refractivity contribution is -0.138. The maximum Gasteiger partial charge on any atom is 0.411 e. The molecule has 0 spiro atoms. The van der Waals surface area contributed by atoms with Crippen LogP contribution >= 0.6 is 0 Å². The fourth-order valence-electron chi connectivity index (χ4n) is 4.97. The Kier molecular flexibility index (Phi) is 5.80. The van der Waals surface area contributed by atoms with E-state index in [-0.39, 0.29) is 36.3 Å². The van der Waals surface area contributed by atoms with Crippen molar-refractivity contribution in [2.24, 2.45) is 5.92 Å². The van der Waals surface area contributed by atoms with E-state index in [0.29, 0.717) is 0 Å². The second-order valence-corrected chi connectivity index (χ2v) is 9.33. The molecule has 8 nitrogen and oxygen atoms in total. The molecule has 2 aromatic carbocycles. The maximum atomic E-state index is 12.9. The fourth-order valence-corrected chi connectivity index (χ4v) is 4.97. The summed E-state index contributed by atoms with van der Waals surface area (Å²) in [7, 11) is 0. The number of amides is 2. The zero-order valence-corrected chi connectivity index (χ0v) is 19.2. The number of carbonyl (C=O) groups is 3. The molecule has 2 amide bonds. The van der Waals surface area contributed by atoms with Crippen LogP contribution in [0.1, 0.15) is 53.8 Å². The SMILES string of the molecule is CC(CC(=O)O)(NC(=O)c1occc1NC(=O)OCC1c2ccccc2-c2ccccc21)C1CC1. The lowest BCUT2D eigenvalue weighted by Crippen LogP contribution is -2.49. The van der Waals surface area contributed by atoms with Crippen LogP contribution in [-0.4, -0.2) is 35.2 Å². The molecule has 0 radical (unpaired) electrons. The predicted molar refractivity (Wildman–Crippen MR) is 128 cm³/mol. The highest BCUT2D eigenvalue weighted by Gasteiger charge is 2.44. The Morgan fingerprint density at radius 1 is 1.03 bits per heavy atom. The van der Waals surface area contributed by atoms with Gasteiger partial charge in [0, 0.05) is 12.0 Å². The van der Waals surface area contributed by atoms with Gasteiger partial charge in [0.25, 0.3) is 5.91 Å². The maximum absolute atomic E-state index is 12.9. The quantitative estimate of drug-likeness (QED) is 0.422. The largest absolute Gasteiger partial charge is 0.481 e. The second kappa shape index (κ2) is 8.94. The lowest BCUT2D eigenvalue weighted by atomic mass is 9.91. The average molecular weight is 475 g/mol. The highest BCUT2D eigenvalue weighted by molar-refractivity contribution is 6.00. The Bertz CT molecular complexity index is 1250. The van der Waals surface area contributed by atoms with Crippen LogP contribution in [0.2, 0.25) is 0 Å². The summed E-state index contributed by atoms with van der Waals surface area (Å²) in [6, 6.07) is 17.6. The van der Waals surface area contributed by atoms with Gasteiger partial charge in [-0.2, -0.15) is 0 Å². The van der Waals surface area contributed by atoms with E-state index in [9.17, 15) is 19.5 Å². The first kappa shape index (κ1) is 22.7. The number of furan rings is 1. The summed E-state index contributed by atoms with van der Waals surface area (Å²) in [5.74, 6) is -1.67. The molecule has 1 fully saturated rings. The summed E-state index contributed by atoms with van der Waals surface area (Å²) in [4.78, 5) is 36.8. The van der Waals surface area contributed by atoms with E-state index < -0.39 is 23.5 Å². The number of carboxylic acids is 1. The molecule has 1 aromatic heterocycles. The van der Waals surface area contributed by atoms with Crippen molar-refractivity contribution in [2.75, 3.05) is 11.9 Å². The van der Waals surface area contributed by atoms with E-state index >= 15 is 0 Å². The summed E-state index contributed by atoms with van der Waals surface area (Å²) < 4.78 is 10.9. The summed E-state index contributed by atoms with van der Waals surface area (Å²) >= 11 is 0. The van der Waals surface area contributed by atoms with Crippen LogP contribution in [0.3, 0.4) is 0 Å². The Hall–Kier alpha value is -4.07. The molecular formula is C27H26N2O6. The van der Waals surface area contributed by atoms with Crippen molar-refractivity contribution in [3.63, 3.8) is 0 Å². The number of fused-ring (bicyclic) bond motifs is 3. The van der Waals surface area contributed by atoms with E-state index in [1.54, 1.807) is 6.92 Å². The summed E-state index contributed by atoms with van der Waals surface area (Å²) in [6.45, 7) is 1.86. The van der Waals surface area contributed by atoms with Gasteiger partial charge in [-0.15, -0.1) is 0 Å². The van der Waals surface area contributed by atoms with Crippen LogP contribution in [0.15, 0.2) is 65.3 Å². The van der Waals surface area contributed by atoms with Crippen LogP contribution in [0, 0.1) is 5.92 Å². The third kappa shape index (κ3) is 4.51. The molecule has 180 valence electrons. The van der Waals surface area contributed by atoms with E-state index in [2.05, 4.69) is 22.8 Å². The van der Waals surface area contributed by atoms with Gasteiger partial charge in [-0.05, 0) is 47.9 Å². The second-order valence-electron chi connectivity index (χ2n) is 9.33. The first-order valence-corrected chi connectivity index (χ1v) is 11.6. The van der Waals surface area contributed by atoms with E-state index in [1.807, 2.05) is 36.4 Å². The molecule has 0 bridgehead atoms. The number of hydrogen-bond donors (Lipinski definition) is 3. The van der Waals surface area contributed by atoms with Crippen molar-refractivity contribution in [2.45, 2.75) is 37.6 Å². The monoisotopic (exact) mass is 474 g/mol. The summed E-state index contributed by atoms with van der Waals surface area (Å²) in [5, 5.41) is 14.6. The Morgan fingerprint density at radius 3 is 2.26 bits per heavy atom. The molecule has 5 rings (SSSR count). The molecule has 1 saturated carbocycles. The Balaban J connectivity index is 1.25. The predicted octanol–water partition coefficient (Wildman–Crippen LogP) is 5.01. The van der Waals surface area contributed by atoms with Crippen molar-refractivity contribution < 1.29 is 28.6 Å². The fraction of sp³-hybridized carbons (Fsp3) is 0.296. The molecule has 0 aliphatic heterocycles. The molecule has 3 aromatic rings. The molecule has 35 heavy (non-hydrogen) atoms. The average Bonchev–Trinajstić information content (AvgIpc) is 3.52. The number of anilines is 1. The van der Waals surface area contributed by atoms with Gasteiger partial charge in [-0.25, -0.2) is 4.79 Å². The number of carboxylic acid groups (broad SMARTS) is 1. The normalized spacial score (nSPS) is 16.0. The zero-order valence-electron chi connectivity index (χ0n) is 19.2. The number of nitrogens with one attached hydrogen (secondary N) is 2. The van der Waals surface area contributed by atoms with Gasteiger partial charge in [0.05, 0.1) is 23.9 Å². The topological polar surface area (TPSA) is 118 Å². The van der Waals surface area contributed by atoms with E-state index in [1.165, 1.54) is 12.3 Å². The zero-order chi connectivity index (χ0) is 24.6. The van der Waals surface area contributed by atoms with Gasteiger partial charge < -0.3 is 19.6 Å². The molecule has 1 heterocycles. The third-order valence-electron chi connectivity index (χ3n) is 6.85. The van der Waals surface area contributed by atoms with Crippen molar-refractivity contribution in [3.8, 4) is 11.1 Å². The van der Waals surface area contributed by atoms with Gasteiger partial charge in [0.2, 0.25) is 5.76 Å². The number of benzene rings is 2. The third-order valence-corrected chi connectivity index (χ3v) is 6.85. The van der Waals surface area contributed by atoms with Gasteiger partial charge in [-0.3, -0.25) is 14.9 Å². The molecule has 2 aliphatic rings. The highest BCUT2D eigenvalue weighted by atomic mass is 16.5. The van der Waals surface area contributed by atoms with Gasteiger partial charge in [0.15, 0.2) is 0 Å². The van der Waals surface area contributed by atoms with Crippen LogP contribution < -0.4 is 10.6 Å². The van der Waals surface area contributed by atoms with Crippen LogP contribution in [0.4, 0.5) is 10.5 Å². The summed E-state index contributed by atoms with van der Waals surface area (Å²) in [6.07, 6.45) is 2.09. The number of hydrogen-bond acceptors (Lipinski definition) is 5. The number of carbonyl (C=O) groups excluding carboxylic acids is 2. The number of rotatable bonds is 8. The first-order chi connectivity index (χ1) is 16.9. The minimum atomic E-state index is -0.990. The number of aliphatic carboxylic acids is 1. The van der Waals surface area contributed by atoms with Crippen molar-refractivity contribution in [1.29, 1.82) is 0 Å². The molecular weight excluding hydrogens is 448 g/mol. The van der Waals surface area contributed by atoms with E-state index in [0.717, 1.165) is 35.1 Å². The molecule has 2 aliphatic carbocycles. The molecule has 0 saturated heterocycles. The van der Waals surface area contributed by atoms with Gasteiger partial charge >= 0.3 is 12.1 Å².